The van der Waals surface area contributed by atoms with E-state index in [1.54, 1.807) is 4.90 Å². The Morgan fingerprint density at radius 3 is 1.70 bits per heavy atom. The van der Waals surface area contributed by atoms with E-state index < -0.39 is 11.8 Å². The Hall–Kier alpha value is -3.09. The summed E-state index contributed by atoms with van der Waals surface area (Å²) in [5.74, 6) is -1.13. The average molecular weight is 523 g/mol. The van der Waals surface area contributed by atoms with Gasteiger partial charge in [0.1, 0.15) is 0 Å². The number of nitrogens with zero attached hydrogens (tertiary/aromatic N) is 2. The van der Waals surface area contributed by atoms with Gasteiger partial charge in [-0.15, -0.1) is 0 Å². The fourth-order valence-corrected chi connectivity index (χ4v) is 3.55. The molecule has 12 nitrogen and oxygen atoms in total. The first-order chi connectivity index (χ1) is 17.9. The number of carbonyl (C=O) groups excluding carboxylic acids is 5. The summed E-state index contributed by atoms with van der Waals surface area (Å²) in [4.78, 5) is 60.8. The molecule has 2 heterocycles. The van der Waals surface area contributed by atoms with Gasteiger partial charge < -0.3 is 29.7 Å². The zero-order valence-electron chi connectivity index (χ0n) is 21.4. The van der Waals surface area contributed by atoms with Crippen LogP contribution >= 0.6 is 0 Å². The van der Waals surface area contributed by atoms with E-state index in [-0.39, 0.29) is 43.1 Å². The van der Waals surface area contributed by atoms with Crippen molar-refractivity contribution in [2.24, 2.45) is 0 Å². The quantitative estimate of drug-likeness (QED) is 0.162. The van der Waals surface area contributed by atoms with Gasteiger partial charge in [0.25, 0.3) is 11.8 Å². The van der Waals surface area contributed by atoms with Crippen molar-refractivity contribution >= 4 is 29.5 Å². The number of rotatable bonds is 20. The van der Waals surface area contributed by atoms with Gasteiger partial charge in [0, 0.05) is 76.5 Å². The average Bonchev–Trinajstić information content (AvgIpc) is 3.37. The van der Waals surface area contributed by atoms with Gasteiger partial charge in [-0.25, -0.2) is 0 Å². The van der Waals surface area contributed by atoms with Gasteiger partial charge in [-0.05, 0) is 19.8 Å². The molecule has 1 atom stereocenters. The first-order valence-electron chi connectivity index (χ1n) is 12.7. The van der Waals surface area contributed by atoms with Crippen molar-refractivity contribution in [1.82, 2.24) is 20.4 Å². The topological polar surface area (TPSA) is 144 Å². The normalized spacial score (nSPS) is 16.8. The third-order valence-electron chi connectivity index (χ3n) is 5.65. The molecule has 0 spiro atoms. The van der Waals surface area contributed by atoms with Crippen LogP contribution < -0.4 is 10.6 Å². The molecule has 206 valence electrons. The van der Waals surface area contributed by atoms with Crippen LogP contribution in [-0.2, 0) is 38.2 Å². The molecule has 5 amide bonds. The van der Waals surface area contributed by atoms with Crippen molar-refractivity contribution in [3.8, 4) is 0 Å². The van der Waals surface area contributed by atoms with Crippen LogP contribution in [0.5, 0.6) is 0 Å². The molecular weight excluding hydrogens is 484 g/mol. The summed E-state index contributed by atoms with van der Waals surface area (Å²) >= 11 is 0. The highest BCUT2D eigenvalue weighted by atomic mass is 16.5. The van der Waals surface area contributed by atoms with Crippen molar-refractivity contribution in [1.29, 1.82) is 0 Å². The summed E-state index contributed by atoms with van der Waals surface area (Å²) in [6.07, 6.45) is 7.45. The molecule has 2 aliphatic heterocycles. The SMILES string of the molecule is CC1C=CC(=O)N1CCC(=O)NCCCOCCOCCOCCCNC(=O)CCN1C(=O)C=CC1=O. The van der Waals surface area contributed by atoms with E-state index in [1.807, 2.05) is 13.0 Å². The summed E-state index contributed by atoms with van der Waals surface area (Å²) in [5.41, 5.74) is 0. The molecule has 2 N–H and O–H groups in total. The molecule has 0 aromatic carbocycles. The maximum atomic E-state index is 11.9. The Balaban J connectivity index is 1.28. The summed E-state index contributed by atoms with van der Waals surface area (Å²) in [6, 6.07) is 0.0423. The Morgan fingerprint density at radius 1 is 0.730 bits per heavy atom. The van der Waals surface area contributed by atoms with Crippen LogP contribution in [0.15, 0.2) is 24.3 Å². The molecule has 2 rings (SSSR count). The zero-order chi connectivity index (χ0) is 26.9. The highest BCUT2D eigenvalue weighted by Gasteiger charge is 2.23. The minimum atomic E-state index is -0.391. The number of nitrogens with one attached hydrogen (secondary N) is 2. The Bertz CT molecular complexity index is 827. The largest absolute Gasteiger partial charge is 0.379 e. The Kier molecular flexibility index (Phi) is 14.2. The Morgan fingerprint density at radius 2 is 1.22 bits per heavy atom. The maximum absolute atomic E-state index is 11.9. The maximum Gasteiger partial charge on any atom is 0.253 e. The molecule has 0 fully saturated rings. The molecule has 2 aliphatic rings. The molecule has 0 radical (unpaired) electrons. The number of hydrogen-bond acceptors (Lipinski definition) is 8. The summed E-state index contributed by atoms with van der Waals surface area (Å²) < 4.78 is 16.3. The van der Waals surface area contributed by atoms with E-state index >= 15 is 0 Å². The lowest BCUT2D eigenvalue weighted by atomic mass is 10.3. The Labute approximate surface area is 217 Å². The van der Waals surface area contributed by atoms with Gasteiger partial charge in [0.15, 0.2) is 0 Å². The summed E-state index contributed by atoms with van der Waals surface area (Å²) in [6.45, 7) is 6.13. The van der Waals surface area contributed by atoms with E-state index in [4.69, 9.17) is 14.2 Å². The molecule has 1 unspecified atom stereocenters. The molecule has 0 aromatic heterocycles. The third-order valence-corrected chi connectivity index (χ3v) is 5.65. The number of ether oxygens (including phenoxy) is 3. The number of amides is 5. The predicted molar refractivity (Wildman–Crippen MR) is 133 cm³/mol. The van der Waals surface area contributed by atoms with E-state index in [0.717, 1.165) is 4.90 Å². The van der Waals surface area contributed by atoms with Crippen LogP contribution in [-0.4, -0.2) is 111 Å². The fourth-order valence-electron chi connectivity index (χ4n) is 3.55. The van der Waals surface area contributed by atoms with Crippen LogP contribution in [0.4, 0.5) is 0 Å². The molecule has 0 bridgehead atoms. The predicted octanol–water partition coefficient (Wildman–Crippen LogP) is -0.459. The second kappa shape index (κ2) is 17.4. The second-order valence-corrected chi connectivity index (χ2v) is 8.54. The van der Waals surface area contributed by atoms with Gasteiger partial charge in [-0.2, -0.15) is 0 Å². The van der Waals surface area contributed by atoms with Gasteiger partial charge in [0.2, 0.25) is 17.7 Å². The lowest BCUT2D eigenvalue weighted by molar-refractivity contribution is -0.137. The molecule has 0 saturated carbocycles. The minimum absolute atomic E-state index is 0.0423. The number of hydrogen-bond donors (Lipinski definition) is 2. The monoisotopic (exact) mass is 522 g/mol. The molecule has 37 heavy (non-hydrogen) atoms. The minimum Gasteiger partial charge on any atom is -0.379 e. The standard InChI is InChI=1S/C25H38N4O8/c1-20-4-5-23(32)28(20)12-8-21(30)26-10-2-14-35-16-18-37-19-17-36-15-3-11-27-22(31)9-13-29-24(33)6-7-25(29)34/h4-7,20H,2-3,8-19H2,1H3,(H,26,30)(H,27,31). The van der Waals surface area contributed by atoms with Crippen LogP contribution in [0, 0.1) is 0 Å². The van der Waals surface area contributed by atoms with Gasteiger partial charge in [-0.3, -0.25) is 28.9 Å². The van der Waals surface area contributed by atoms with Crippen LogP contribution in [0.1, 0.15) is 32.6 Å². The van der Waals surface area contributed by atoms with Gasteiger partial charge in [0.05, 0.1) is 26.4 Å². The summed E-state index contributed by atoms with van der Waals surface area (Å²) in [7, 11) is 0. The first kappa shape index (κ1) is 30.1. The van der Waals surface area contributed by atoms with E-state index in [2.05, 4.69) is 10.6 Å². The van der Waals surface area contributed by atoms with Crippen molar-refractivity contribution in [2.45, 2.75) is 38.6 Å². The molecule has 12 heteroatoms. The van der Waals surface area contributed by atoms with Gasteiger partial charge >= 0.3 is 0 Å². The summed E-state index contributed by atoms with van der Waals surface area (Å²) in [5, 5.41) is 5.55. The lowest BCUT2D eigenvalue weighted by Gasteiger charge is -2.21. The van der Waals surface area contributed by atoms with E-state index in [9.17, 15) is 24.0 Å². The zero-order valence-corrected chi connectivity index (χ0v) is 21.4. The molecule has 0 aliphatic carbocycles. The third kappa shape index (κ3) is 12.1. The molecule has 0 aromatic rings. The van der Waals surface area contributed by atoms with Crippen LogP contribution in [0.25, 0.3) is 0 Å². The lowest BCUT2D eigenvalue weighted by Crippen LogP contribution is -2.36. The van der Waals surface area contributed by atoms with Crippen molar-refractivity contribution < 1.29 is 38.2 Å². The fraction of sp³-hybridized carbons (Fsp3) is 0.640. The van der Waals surface area contributed by atoms with Crippen LogP contribution in [0.2, 0.25) is 0 Å². The number of carbonyl (C=O) groups is 5. The van der Waals surface area contributed by atoms with Crippen molar-refractivity contribution in [2.75, 3.05) is 65.8 Å². The number of imide groups is 1. The van der Waals surface area contributed by atoms with E-state index in [1.165, 1.54) is 18.2 Å². The highest BCUT2D eigenvalue weighted by Crippen LogP contribution is 2.10. The first-order valence-corrected chi connectivity index (χ1v) is 12.7. The second-order valence-electron chi connectivity index (χ2n) is 8.54. The smallest absolute Gasteiger partial charge is 0.253 e. The van der Waals surface area contributed by atoms with Crippen LogP contribution in [0.3, 0.4) is 0 Å². The van der Waals surface area contributed by atoms with Gasteiger partial charge in [-0.1, -0.05) is 6.08 Å². The highest BCUT2D eigenvalue weighted by molar-refractivity contribution is 6.13. The van der Waals surface area contributed by atoms with Crippen molar-refractivity contribution in [3.63, 3.8) is 0 Å². The molecular formula is C25H38N4O8. The van der Waals surface area contributed by atoms with Crippen molar-refractivity contribution in [3.05, 3.63) is 24.3 Å². The molecule has 0 saturated heterocycles. The van der Waals surface area contributed by atoms with E-state index in [0.29, 0.717) is 72.1 Å².